The molecule has 0 amide bonds. The van der Waals surface area contributed by atoms with Crippen LogP contribution >= 0.6 is 0 Å². The van der Waals surface area contributed by atoms with Crippen molar-refractivity contribution in [3.8, 4) is 0 Å². The molecule has 0 aliphatic carbocycles. The lowest BCUT2D eigenvalue weighted by Crippen LogP contribution is -2.02. The number of hydrogen-bond donors (Lipinski definition) is 1. The molecule has 0 heterocycles. The minimum absolute atomic E-state index is 0.135. The first-order chi connectivity index (χ1) is 8.97. The molecule has 0 aliphatic rings. The molecular weight excluding hydrogens is 275 g/mol. The van der Waals surface area contributed by atoms with Gasteiger partial charge in [-0.1, -0.05) is 6.07 Å². The predicted octanol–water partition coefficient (Wildman–Crippen LogP) is 2.99. The summed E-state index contributed by atoms with van der Waals surface area (Å²) in [4.78, 5) is -0.281. The first-order valence-corrected chi connectivity index (χ1v) is 6.66. The van der Waals surface area contributed by atoms with E-state index in [-0.39, 0.29) is 21.9 Å². The Labute approximate surface area is 110 Å². The van der Waals surface area contributed by atoms with Gasteiger partial charge in [-0.3, -0.25) is 4.21 Å². The third-order valence-electron chi connectivity index (χ3n) is 2.50. The second-order valence-corrected chi connectivity index (χ2v) is 5.33. The number of anilines is 1. The maximum absolute atomic E-state index is 13.5. The Morgan fingerprint density at radius 3 is 2.42 bits per heavy atom. The molecule has 0 aromatic heterocycles. The number of halogens is 3. The van der Waals surface area contributed by atoms with Crippen molar-refractivity contribution in [2.45, 2.75) is 10.6 Å². The molecular formula is C13H10F3NOS. The maximum atomic E-state index is 13.5. The van der Waals surface area contributed by atoms with E-state index < -0.39 is 28.3 Å². The molecule has 1 atom stereocenters. The van der Waals surface area contributed by atoms with Crippen LogP contribution in [0.15, 0.2) is 41.3 Å². The molecule has 0 spiro atoms. The van der Waals surface area contributed by atoms with E-state index in [0.29, 0.717) is 0 Å². The summed E-state index contributed by atoms with van der Waals surface area (Å²) in [7, 11) is -1.87. The van der Waals surface area contributed by atoms with Crippen LogP contribution in [0.3, 0.4) is 0 Å². The van der Waals surface area contributed by atoms with Gasteiger partial charge in [0.2, 0.25) is 0 Å². The van der Waals surface area contributed by atoms with E-state index in [9.17, 15) is 17.4 Å². The van der Waals surface area contributed by atoms with E-state index in [1.54, 1.807) is 0 Å². The fourth-order valence-electron chi connectivity index (χ4n) is 1.55. The first-order valence-electron chi connectivity index (χ1n) is 5.34. The molecule has 1 unspecified atom stereocenters. The normalized spacial score (nSPS) is 12.4. The van der Waals surface area contributed by atoms with Crippen LogP contribution in [-0.2, 0) is 16.6 Å². The first kappa shape index (κ1) is 13.6. The predicted molar refractivity (Wildman–Crippen MR) is 67.3 cm³/mol. The van der Waals surface area contributed by atoms with Gasteiger partial charge in [0.15, 0.2) is 0 Å². The van der Waals surface area contributed by atoms with Crippen LogP contribution in [0, 0.1) is 17.5 Å². The molecule has 2 N–H and O–H groups in total. The number of nitrogens with two attached hydrogens (primary N) is 1. The van der Waals surface area contributed by atoms with Crippen molar-refractivity contribution >= 4 is 16.5 Å². The highest BCUT2D eigenvalue weighted by atomic mass is 32.2. The van der Waals surface area contributed by atoms with Gasteiger partial charge >= 0.3 is 0 Å². The lowest BCUT2D eigenvalue weighted by molar-refractivity contribution is 0.571. The second-order valence-electron chi connectivity index (χ2n) is 3.92. The van der Waals surface area contributed by atoms with E-state index in [2.05, 4.69) is 0 Å². The molecule has 0 fully saturated rings. The van der Waals surface area contributed by atoms with E-state index in [0.717, 1.165) is 24.3 Å². The SMILES string of the molecule is Nc1ccc(CS(=O)c2cc(F)ccc2F)c(F)c1. The standard InChI is InChI=1S/C13H10F3NOS/c14-9-2-4-11(15)13(5-9)19(18)7-8-1-3-10(17)6-12(8)16/h1-6H,7,17H2. The summed E-state index contributed by atoms with van der Waals surface area (Å²) in [5.74, 6) is -2.34. The third-order valence-corrected chi connectivity index (χ3v) is 3.88. The summed E-state index contributed by atoms with van der Waals surface area (Å²) in [6.45, 7) is 0. The lowest BCUT2D eigenvalue weighted by Gasteiger charge is -2.06. The average molecular weight is 285 g/mol. The van der Waals surface area contributed by atoms with Crippen LogP contribution in [0.4, 0.5) is 18.9 Å². The molecule has 0 bridgehead atoms. The highest BCUT2D eigenvalue weighted by molar-refractivity contribution is 7.84. The third kappa shape index (κ3) is 3.14. The molecule has 100 valence electrons. The number of rotatable bonds is 3. The maximum Gasteiger partial charge on any atom is 0.139 e. The minimum atomic E-state index is -1.87. The quantitative estimate of drug-likeness (QED) is 0.881. The van der Waals surface area contributed by atoms with Gasteiger partial charge in [0, 0.05) is 11.3 Å². The van der Waals surface area contributed by atoms with Gasteiger partial charge in [0.05, 0.1) is 21.4 Å². The highest BCUT2D eigenvalue weighted by Crippen LogP contribution is 2.20. The molecule has 0 aliphatic heterocycles. The van der Waals surface area contributed by atoms with Crippen molar-refractivity contribution in [3.63, 3.8) is 0 Å². The van der Waals surface area contributed by atoms with Crippen LogP contribution in [-0.4, -0.2) is 4.21 Å². The van der Waals surface area contributed by atoms with Gasteiger partial charge < -0.3 is 5.73 Å². The van der Waals surface area contributed by atoms with E-state index in [1.165, 1.54) is 12.1 Å². The summed E-state index contributed by atoms with van der Waals surface area (Å²) < 4.78 is 51.9. The Bertz CT molecular complexity index is 646. The Hall–Kier alpha value is -1.82. The summed E-state index contributed by atoms with van der Waals surface area (Å²) in [6, 6.07) is 6.59. The van der Waals surface area contributed by atoms with Gasteiger partial charge in [0.25, 0.3) is 0 Å². The Morgan fingerprint density at radius 1 is 1.00 bits per heavy atom. The van der Waals surface area contributed by atoms with Crippen LogP contribution in [0.1, 0.15) is 5.56 Å². The second kappa shape index (κ2) is 5.44. The number of hydrogen-bond acceptors (Lipinski definition) is 2. The summed E-state index contributed by atoms with van der Waals surface area (Å²) in [5.41, 5.74) is 5.76. The van der Waals surface area contributed by atoms with Crippen LogP contribution in [0.2, 0.25) is 0 Å². The van der Waals surface area contributed by atoms with Crippen molar-refractivity contribution in [2.24, 2.45) is 0 Å². The van der Waals surface area contributed by atoms with Gasteiger partial charge in [-0.2, -0.15) is 0 Å². The molecule has 19 heavy (non-hydrogen) atoms. The van der Waals surface area contributed by atoms with Gasteiger partial charge in [-0.05, 0) is 30.3 Å². The van der Waals surface area contributed by atoms with Gasteiger partial charge in [-0.25, -0.2) is 13.2 Å². The fourth-order valence-corrected chi connectivity index (χ4v) is 2.75. The summed E-state index contributed by atoms with van der Waals surface area (Å²) >= 11 is 0. The lowest BCUT2D eigenvalue weighted by atomic mass is 10.2. The summed E-state index contributed by atoms with van der Waals surface area (Å²) in [6.07, 6.45) is 0. The van der Waals surface area contributed by atoms with E-state index in [1.807, 2.05) is 0 Å². The van der Waals surface area contributed by atoms with E-state index in [4.69, 9.17) is 5.73 Å². The van der Waals surface area contributed by atoms with Crippen LogP contribution < -0.4 is 5.73 Å². The molecule has 2 nitrogen and oxygen atoms in total. The summed E-state index contributed by atoms with van der Waals surface area (Å²) in [5, 5.41) is 0. The largest absolute Gasteiger partial charge is 0.399 e. The molecule has 0 saturated carbocycles. The van der Waals surface area contributed by atoms with Crippen LogP contribution in [0.5, 0.6) is 0 Å². The topological polar surface area (TPSA) is 43.1 Å². The van der Waals surface area contributed by atoms with Crippen molar-refractivity contribution in [3.05, 3.63) is 59.4 Å². The minimum Gasteiger partial charge on any atom is -0.399 e. The molecule has 2 rings (SSSR count). The highest BCUT2D eigenvalue weighted by Gasteiger charge is 2.14. The van der Waals surface area contributed by atoms with Gasteiger partial charge in [0.1, 0.15) is 17.5 Å². The number of nitrogen functional groups attached to an aromatic ring is 1. The van der Waals surface area contributed by atoms with Gasteiger partial charge in [-0.15, -0.1) is 0 Å². The smallest absolute Gasteiger partial charge is 0.139 e. The monoisotopic (exact) mass is 285 g/mol. The van der Waals surface area contributed by atoms with Crippen molar-refractivity contribution in [1.29, 1.82) is 0 Å². The Morgan fingerprint density at radius 2 is 1.74 bits per heavy atom. The zero-order chi connectivity index (χ0) is 14.0. The van der Waals surface area contributed by atoms with Crippen LogP contribution in [0.25, 0.3) is 0 Å². The molecule has 2 aromatic carbocycles. The number of benzene rings is 2. The molecule has 0 radical (unpaired) electrons. The van der Waals surface area contributed by atoms with Crippen molar-refractivity contribution < 1.29 is 17.4 Å². The Balaban J connectivity index is 2.28. The fraction of sp³-hybridized carbons (Fsp3) is 0.0769. The zero-order valence-corrected chi connectivity index (χ0v) is 10.5. The van der Waals surface area contributed by atoms with Crippen molar-refractivity contribution in [2.75, 3.05) is 5.73 Å². The van der Waals surface area contributed by atoms with E-state index >= 15 is 0 Å². The zero-order valence-electron chi connectivity index (χ0n) is 9.70. The molecule has 2 aromatic rings. The van der Waals surface area contributed by atoms with Crippen molar-refractivity contribution in [1.82, 2.24) is 0 Å². The Kier molecular flexibility index (Phi) is 3.90. The molecule has 0 saturated heterocycles. The average Bonchev–Trinajstić information content (AvgIpc) is 2.35. The molecule has 6 heteroatoms.